The molecule has 3 rings (SSSR count). The van der Waals surface area contributed by atoms with E-state index in [1.54, 1.807) is 13.3 Å². The molecule has 2 aromatic rings. The van der Waals surface area contributed by atoms with Gasteiger partial charge >= 0.3 is 5.97 Å². The Kier molecular flexibility index (Phi) is 5.93. The van der Waals surface area contributed by atoms with Crippen LogP contribution in [0.15, 0.2) is 30.5 Å². The summed E-state index contributed by atoms with van der Waals surface area (Å²) in [5.41, 5.74) is 1.97. The van der Waals surface area contributed by atoms with Gasteiger partial charge in [0.05, 0.1) is 20.6 Å². The van der Waals surface area contributed by atoms with Gasteiger partial charge in [-0.05, 0) is 42.0 Å². The molecule has 0 N–H and O–H groups in total. The van der Waals surface area contributed by atoms with Crippen molar-refractivity contribution in [2.75, 3.05) is 32.2 Å². The van der Waals surface area contributed by atoms with Crippen LogP contribution in [0.1, 0.15) is 29.9 Å². The highest BCUT2D eigenvalue weighted by atomic mass is 35.5. The number of nitrogens with zero attached hydrogens (tertiary/aromatic N) is 3. The Morgan fingerprint density at radius 1 is 1.27 bits per heavy atom. The third-order valence-electron chi connectivity index (χ3n) is 4.75. The first kappa shape index (κ1) is 18.5. The molecule has 138 valence electrons. The zero-order chi connectivity index (χ0) is 18.5. The normalized spacial score (nSPS) is 15.0. The number of rotatable bonds is 5. The van der Waals surface area contributed by atoms with Gasteiger partial charge in [-0.1, -0.05) is 18.2 Å². The summed E-state index contributed by atoms with van der Waals surface area (Å²) in [5.74, 6) is 1.76. The maximum absolute atomic E-state index is 11.7. The van der Waals surface area contributed by atoms with E-state index in [9.17, 15) is 4.79 Å². The molecule has 1 saturated heterocycles. The van der Waals surface area contributed by atoms with E-state index in [4.69, 9.17) is 21.1 Å². The maximum atomic E-state index is 11.7. The van der Waals surface area contributed by atoms with Crippen LogP contribution in [0.2, 0.25) is 5.28 Å². The van der Waals surface area contributed by atoms with E-state index < -0.39 is 0 Å². The van der Waals surface area contributed by atoms with Crippen LogP contribution in [0.5, 0.6) is 5.75 Å². The van der Waals surface area contributed by atoms with Crippen molar-refractivity contribution in [3.63, 3.8) is 0 Å². The molecule has 6 nitrogen and oxygen atoms in total. The summed E-state index contributed by atoms with van der Waals surface area (Å²) < 4.78 is 10.3. The van der Waals surface area contributed by atoms with Crippen molar-refractivity contribution < 1.29 is 14.3 Å². The third kappa shape index (κ3) is 4.07. The zero-order valence-electron chi connectivity index (χ0n) is 14.9. The number of ether oxygens (including phenoxy) is 2. The van der Waals surface area contributed by atoms with Crippen molar-refractivity contribution in [2.45, 2.75) is 25.2 Å². The molecule has 0 unspecified atom stereocenters. The SMILES string of the molecule is COC(=O)Cc1cnc(Cl)nc1N1CCC(c2ccccc2OC)CC1. The van der Waals surface area contributed by atoms with Gasteiger partial charge in [-0.3, -0.25) is 4.79 Å². The molecule has 0 amide bonds. The lowest BCUT2D eigenvalue weighted by molar-refractivity contribution is -0.139. The number of hydrogen-bond acceptors (Lipinski definition) is 6. The van der Waals surface area contributed by atoms with E-state index in [0.29, 0.717) is 11.7 Å². The van der Waals surface area contributed by atoms with E-state index in [0.717, 1.165) is 37.2 Å². The molecule has 0 aliphatic carbocycles. The first-order chi connectivity index (χ1) is 12.6. The molecule has 26 heavy (non-hydrogen) atoms. The van der Waals surface area contributed by atoms with Crippen molar-refractivity contribution >= 4 is 23.4 Å². The molecular weight excluding hydrogens is 354 g/mol. The van der Waals surface area contributed by atoms with E-state index in [1.807, 2.05) is 18.2 Å². The van der Waals surface area contributed by atoms with Gasteiger partial charge in [0.25, 0.3) is 0 Å². The van der Waals surface area contributed by atoms with E-state index in [1.165, 1.54) is 12.7 Å². The molecule has 0 bridgehead atoms. The number of aromatic nitrogens is 2. The van der Waals surface area contributed by atoms with Crippen LogP contribution in [0.3, 0.4) is 0 Å². The Morgan fingerprint density at radius 2 is 2.00 bits per heavy atom. The second-order valence-corrected chi connectivity index (χ2v) is 6.58. The first-order valence-corrected chi connectivity index (χ1v) is 8.96. The Balaban J connectivity index is 1.75. The van der Waals surface area contributed by atoms with Crippen molar-refractivity contribution in [3.8, 4) is 5.75 Å². The minimum atomic E-state index is -0.318. The monoisotopic (exact) mass is 375 g/mol. The molecule has 0 saturated carbocycles. The van der Waals surface area contributed by atoms with Crippen molar-refractivity contribution in [1.29, 1.82) is 0 Å². The smallest absolute Gasteiger partial charge is 0.310 e. The quantitative estimate of drug-likeness (QED) is 0.590. The van der Waals surface area contributed by atoms with Gasteiger partial charge in [0.15, 0.2) is 0 Å². The second-order valence-electron chi connectivity index (χ2n) is 6.24. The molecule has 7 heteroatoms. The molecule has 0 radical (unpaired) electrons. The number of carbonyl (C=O) groups excluding carboxylic acids is 1. The summed E-state index contributed by atoms with van der Waals surface area (Å²) in [6, 6.07) is 8.16. The van der Waals surface area contributed by atoms with E-state index in [-0.39, 0.29) is 17.7 Å². The van der Waals surface area contributed by atoms with Gasteiger partial charge in [0, 0.05) is 24.8 Å². The summed E-state index contributed by atoms with van der Waals surface area (Å²) in [6.45, 7) is 1.65. The first-order valence-electron chi connectivity index (χ1n) is 8.58. The van der Waals surface area contributed by atoms with Gasteiger partial charge in [-0.2, -0.15) is 0 Å². The Bertz CT molecular complexity index is 776. The van der Waals surface area contributed by atoms with Crippen LogP contribution in [0, 0.1) is 0 Å². The minimum absolute atomic E-state index is 0.134. The maximum Gasteiger partial charge on any atom is 0.310 e. The number of hydrogen-bond donors (Lipinski definition) is 0. The molecule has 1 aliphatic rings. The molecule has 2 heterocycles. The van der Waals surface area contributed by atoms with Crippen LogP contribution >= 0.6 is 11.6 Å². The van der Waals surface area contributed by atoms with E-state index >= 15 is 0 Å². The predicted molar refractivity (Wildman–Crippen MR) is 99.9 cm³/mol. The highest BCUT2D eigenvalue weighted by molar-refractivity contribution is 6.28. The minimum Gasteiger partial charge on any atom is -0.496 e. The second kappa shape index (κ2) is 8.36. The van der Waals surface area contributed by atoms with Gasteiger partial charge in [0.2, 0.25) is 5.28 Å². The third-order valence-corrected chi connectivity index (χ3v) is 4.93. The lowest BCUT2D eigenvalue weighted by atomic mass is 9.88. The molecule has 0 atom stereocenters. The lowest BCUT2D eigenvalue weighted by Gasteiger charge is -2.34. The highest BCUT2D eigenvalue weighted by Gasteiger charge is 2.25. The number of para-hydroxylation sites is 1. The fourth-order valence-corrected chi connectivity index (χ4v) is 3.54. The van der Waals surface area contributed by atoms with E-state index in [2.05, 4.69) is 20.9 Å². The Labute approximate surface area is 158 Å². The number of anilines is 1. The zero-order valence-corrected chi connectivity index (χ0v) is 15.7. The molecule has 1 aliphatic heterocycles. The lowest BCUT2D eigenvalue weighted by Crippen LogP contribution is -2.34. The largest absolute Gasteiger partial charge is 0.496 e. The van der Waals surface area contributed by atoms with Crippen molar-refractivity contribution in [2.24, 2.45) is 0 Å². The topological polar surface area (TPSA) is 64.5 Å². The number of esters is 1. The average Bonchev–Trinajstić information content (AvgIpc) is 2.69. The van der Waals surface area contributed by atoms with Gasteiger partial charge in [-0.25, -0.2) is 9.97 Å². The number of benzene rings is 1. The van der Waals surface area contributed by atoms with Crippen LogP contribution < -0.4 is 9.64 Å². The van der Waals surface area contributed by atoms with Gasteiger partial charge in [-0.15, -0.1) is 0 Å². The summed E-state index contributed by atoms with van der Waals surface area (Å²) in [7, 11) is 3.08. The fraction of sp³-hybridized carbons (Fsp3) is 0.421. The van der Waals surface area contributed by atoms with Crippen LogP contribution in [0.25, 0.3) is 0 Å². The molecular formula is C19H22ClN3O3. The number of piperidine rings is 1. The molecule has 0 spiro atoms. The van der Waals surface area contributed by atoms with Crippen molar-refractivity contribution in [1.82, 2.24) is 9.97 Å². The summed E-state index contributed by atoms with van der Waals surface area (Å²) >= 11 is 5.99. The number of carbonyl (C=O) groups is 1. The van der Waals surface area contributed by atoms with Crippen LogP contribution in [-0.4, -0.2) is 43.2 Å². The van der Waals surface area contributed by atoms with Crippen LogP contribution in [-0.2, 0) is 16.0 Å². The summed E-state index contributed by atoms with van der Waals surface area (Å²) in [4.78, 5) is 22.2. The van der Waals surface area contributed by atoms with Gasteiger partial charge in [0.1, 0.15) is 11.6 Å². The Hall–Kier alpha value is -2.34. The summed E-state index contributed by atoms with van der Waals surface area (Å²) in [6.07, 6.45) is 3.68. The molecule has 1 aromatic carbocycles. The fourth-order valence-electron chi connectivity index (χ4n) is 3.41. The van der Waals surface area contributed by atoms with Crippen molar-refractivity contribution in [3.05, 3.63) is 46.9 Å². The number of halogens is 1. The van der Waals surface area contributed by atoms with Crippen LogP contribution in [0.4, 0.5) is 5.82 Å². The molecule has 1 fully saturated rings. The standard InChI is InChI=1S/C19H22ClN3O3/c1-25-16-6-4-3-5-15(16)13-7-9-23(10-8-13)18-14(11-17(24)26-2)12-21-19(20)22-18/h3-6,12-13H,7-11H2,1-2H3. The predicted octanol–water partition coefficient (Wildman–Crippen LogP) is 3.24. The van der Waals surface area contributed by atoms with Gasteiger partial charge < -0.3 is 14.4 Å². The Morgan fingerprint density at radius 3 is 2.69 bits per heavy atom. The highest BCUT2D eigenvalue weighted by Crippen LogP contribution is 2.35. The summed E-state index contributed by atoms with van der Waals surface area (Å²) in [5, 5.41) is 0.181. The average molecular weight is 376 g/mol. The number of methoxy groups -OCH3 is 2. The molecule has 1 aromatic heterocycles.